The predicted octanol–water partition coefficient (Wildman–Crippen LogP) is 0.685. The number of rotatable bonds is 4. The van der Waals surface area contributed by atoms with Crippen molar-refractivity contribution in [2.75, 3.05) is 26.7 Å². The summed E-state index contributed by atoms with van der Waals surface area (Å²) in [5.41, 5.74) is 2.41. The van der Waals surface area contributed by atoms with Crippen LogP contribution in [0.25, 0.3) is 5.69 Å². The normalized spacial score (nSPS) is 19.2. The molecule has 0 bridgehead atoms. The van der Waals surface area contributed by atoms with Gasteiger partial charge in [-0.3, -0.25) is 24.1 Å². The van der Waals surface area contributed by atoms with E-state index in [0.717, 1.165) is 23.5 Å². The summed E-state index contributed by atoms with van der Waals surface area (Å²) in [6.07, 6.45) is 0. The van der Waals surface area contributed by atoms with Crippen LogP contribution in [0, 0.1) is 6.92 Å². The molecule has 1 atom stereocenters. The van der Waals surface area contributed by atoms with E-state index in [1.165, 1.54) is 0 Å². The van der Waals surface area contributed by atoms with Gasteiger partial charge in [0.2, 0.25) is 0 Å². The van der Waals surface area contributed by atoms with E-state index in [1.807, 2.05) is 60.9 Å². The first-order chi connectivity index (χ1) is 11.9. The molecule has 1 fully saturated rings. The summed E-state index contributed by atoms with van der Waals surface area (Å²) in [6, 6.07) is 9.00. The van der Waals surface area contributed by atoms with Gasteiger partial charge in [-0.25, -0.2) is 4.68 Å². The summed E-state index contributed by atoms with van der Waals surface area (Å²) in [5.74, 6) is -0.821. The number of nitrogens with zero attached hydrogens (tertiary/aromatic N) is 4. The Morgan fingerprint density at radius 3 is 2.52 bits per heavy atom. The quantitative estimate of drug-likeness (QED) is 0.883. The number of carbonyl (C=O) groups is 1. The molecule has 1 N–H and O–H groups in total. The highest BCUT2D eigenvalue weighted by Gasteiger charge is 2.30. The lowest BCUT2D eigenvalue weighted by molar-refractivity contribution is -0.145. The largest absolute Gasteiger partial charge is 0.480 e. The maximum atomic E-state index is 13.0. The Morgan fingerprint density at radius 2 is 1.88 bits per heavy atom. The van der Waals surface area contributed by atoms with E-state index in [2.05, 4.69) is 4.90 Å². The maximum Gasteiger partial charge on any atom is 0.322 e. The molecule has 7 nitrogen and oxygen atoms in total. The second kappa shape index (κ2) is 6.85. The number of hydrogen-bond donors (Lipinski definition) is 1. The van der Waals surface area contributed by atoms with Crippen molar-refractivity contribution in [3.8, 4) is 5.69 Å². The van der Waals surface area contributed by atoms with Gasteiger partial charge < -0.3 is 5.11 Å². The average molecular weight is 344 g/mol. The van der Waals surface area contributed by atoms with Crippen LogP contribution in [0.3, 0.4) is 0 Å². The second-order valence-electron chi connectivity index (χ2n) is 6.61. The van der Waals surface area contributed by atoms with Crippen LogP contribution in [-0.2, 0) is 18.4 Å². The molecule has 2 aromatic rings. The number of hydrogen-bond acceptors (Lipinski definition) is 4. The monoisotopic (exact) mass is 344 g/mol. The molecule has 134 valence electrons. The van der Waals surface area contributed by atoms with E-state index in [-0.39, 0.29) is 5.56 Å². The van der Waals surface area contributed by atoms with E-state index < -0.39 is 12.0 Å². The van der Waals surface area contributed by atoms with Gasteiger partial charge in [0.15, 0.2) is 0 Å². The fourth-order valence-corrected chi connectivity index (χ4v) is 3.37. The highest BCUT2D eigenvalue weighted by Crippen LogP contribution is 2.15. The van der Waals surface area contributed by atoms with Crippen LogP contribution in [0.1, 0.15) is 11.3 Å². The van der Waals surface area contributed by atoms with Crippen LogP contribution in [0.4, 0.5) is 0 Å². The average Bonchev–Trinajstić information content (AvgIpc) is 2.80. The van der Waals surface area contributed by atoms with Crippen molar-refractivity contribution in [3.05, 3.63) is 51.9 Å². The molecule has 0 aliphatic carbocycles. The Morgan fingerprint density at radius 1 is 1.20 bits per heavy atom. The number of piperazine rings is 1. The number of para-hydroxylation sites is 1. The van der Waals surface area contributed by atoms with Crippen LogP contribution in [0.15, 0.2) is 35.1 Å². The zero-order chi connectivity index (χ0) is 18.1. The fraction of sp³-hybridized carbons (Fsp3) is 0.444. The zero-order valence-corrected chi connectivity index (χ0v) is 14.8. The number of benzene rings is 1. The molecule has 1 aliphatic rings. The van der Waals surface area contributed by atoms with Gasteiger partial charge in [0, 0.05) is 38.9 Å². The van der Waals surface area contributed by atoms with Crippen molar-refractivity contribution in [3.63, 3.8) is 0 Å². The fourth-order valence-electron chi connectivity index (χ4n) is 3.37. The number of likely N-dealkylation sites (N-methyl/N-ethyl adjacent to an activating group) is 1. The minimum Gasteiger partial charge on any atom is -0.480 e. The lowest BCUT2D eigenvalue weighted by Gasteiger charge is -2.36. The van der Waals surface area contributed by atoms with Crippen molar-refractivity contribution in [2.45, 2.75) is 19.5 Å². The summed E-state index contributed by atoms with van der Waals surface area (Å²) in [5, 5.41) is 9.36. The molecule has 7 heteroatoms. The van der Waals surface area contributed by atoms with Gasteiger partial charge in [-0.2, -0.15) is 0 Å². The van der Waals surface area contributed by atoms with Gasteiger partial charge in [-0.05, 0) is 26.1 Å². The minimum absolute atomic E-state index is 0.0444. The van der Waals surface area contributed by atoms with Gasteiger partial charge >= 0.3 is 5.97 Å². The highest BCUT2D eigenvalue weighted by molar-refractivity contribution is 5.73. The summed E-state index contributed by atoms with van der Waals surface area (Å²) < 4.78 is 3.52. The van der Waals surface area contributed by atoms with Gasteiger partial charge in [0.1, 0.15) is 6.04 Å². The highest BCUT2D eigenvalue weighted by atomic mass is 16.4. The van der Waals surface area contributed by atoms with E-state index in [4.69, 9.17) is 0 Å². The number of carboxylic acid groups (broad SMARTS) is 1. The topological polar surface area (TPSA) is 70.7 Å². The minimum atomic E-state index is -0.821. The van der Waals surface area contributed by atoms with Crippen LogP contribution in [0.2, 0.25) is 0 Å². The molecule has 1 aromatic carbocycles. The molecule has 2 heterocycles. The number of carboxylic acids is 1. The molecular formula is C18H24N4O3. The van der Waals surface area contributed by atoms with Gasteiger partial charge in [-0.15, -0.1) is 0 Å². The summed E-state index contributed by atoms with van der Waals surface area (Å²) in [6.45, 7) is 4.25. The Bertz CT molecular complexity index is 825. The first kappa shape index (κ1) is 17.4. The lowest BCUT2D eigenvalue weighted by atomic mass is 10.1. The third-order valence-electron chi connectivity index (χ3n) is 5.07. The van der Waals surface area contributed by atoms with Crippen molar-refractivity contribution in [1.82, 2.24) is 19.2 Å². The summed E-state index contributed by atoms with van der Waals surface area (Å²) in [4.78, 5) is 28.3. The SMILES string of the molecule is Cc1c(CN2CCN(C)[C@H](C(=O)O)C2)c(=O)n(-c2ccccc2)n1C. The van der Waals surface area contributed by atoms with Crippen LogP contribution < -0.4 is 5.56 Å². The third-order valence-corrected chi connectivity index (χ3v) is 5.07. The molecule has 0 radical (unpaired) electrons. The Kier molecular flexibility index (Phi) is 4.78. The van der Waals surface area contributed by atoms with Crippen molar-refractivity contribution >= 4 is 5.97 Å². The molecule has 0 spiro atoms. The van der Waals surface area contributed by atoms with Crippen LogP contribution in [0.5, 0.6) is 0 Å². The Labute approximate surface area is 146 Å². The molecule has 1 aromatic heterocycles. The number of aromatic nitrogens is 2. The van der Waals surface area contributed by atoms with Crippen LogP contribution in [-0.4, -0.2) is 63.0 Å². The molecule has 0 amide bonds. The van der Waals surface area contributed by atoms with E-state index in [9.17, 15) is 14.7 Å². The molecule has 0 saturated carbocycles. The first-order valence-electron chi connectivity index (χ1n) is 8.38. The predicted molar refractivity (Wildman–Crippen MR) is 95.1 cm³/mol. The summed E-state index contributed by atoms with van der Waals surface area (Å²) >= 11 is 0. The molecule has 25 heavy (non-hydrogen) atoms. The number of aliphatic carboxylic acids is 1. The molecular weight excluding hydrogens is 320 g/mol. The lowest BCUT2D eigenvalue weighted by Crippen LogP contribution is -2.54. The van der Waals surface area contributed by atoms with Crippen LogP contribution >= 0.6 is 0 Å². The molecule has 3 rings (SSSR count). The molecule has 1 saturated heterocycles. The standard InChI is InChI=1S/C18H24N4O3/c1-13-15(11-21-10-9-19(2)16(12-21)18(24)25)17(23)22(20(13)3)14-7-5-4-6-8-14/h4-8,16H,9-12H2,1-3H3,(H,24,25)/t16-/m0/s1. The molecule has 0 unspecified atom stereocenters. The zero-order valence-electron chi connectivity index (χ0n) is 14.8. The van der Waals surface area contributed by atoms with E-state index >= 15 is 0 Å². The smallest absolute Gasteiger partial charge is 0.322 e. The van der Waals surface area contributed by atoms with Crippen molar-refractivity contribution < 1.29 is 9.90 Å². The van der Waals surface area contributed by atoms with Crippen molar-refractivity contribution in [2.24, 2.45) is 7.05 Å². The van der Waals surface area contributed by atoms with Gasteiger partial charge in [-0.1, -0.05) is 18.2 Å². The van der Waals surface area contributed by atoms with Gasteiger partial charge in [0.05, 0.1) is 11.3 Å². The second-order valence-corrected chi connectivity index (χ2v) is 6.61. The Balaban J connectivity index is 1.89. The third kappa shape index (κ3) is 3.25. The Hall–Kier alpha value is -2.38. The first-order valence-corrected chi connectivity index (χ1v) is 8.38. The van der Waals surface area contributed by atoms with E-state index in [0.29, 0.717) is 19.6 Å². The summed E-state index contributed by atoms with van der Waals surface area (Å²) in [7, 11) is 3.70. The van der Waals surface area contributed by atoms with E-state index in [1.54, 1.807) is 4.68 Å². The van der Waals surface area contributed by atoms with Crippen molar-refractivity contribution in [1.29, 1.82) is 0 Å². The maximum absolute atomic E-state index is 13.0. The van der Waals surface area contributed by atoms with Gasteiger partial charge in [0.25, 0.3) is 5.56 Å². The molecule has 1 aliphatic heterocycles.